The van der Waals surface area contributed by atoms with E-state index in [2.05, 4.69) is 55.2 Å². The second-order valence-electron chi connectivity index (χ2n) is 6.25. The molecule has 118 valence electrons. The van der Waals surface area contributed by atoms with Crippen LogP contribution < -0.4 is 10.1 Å². The molecule has 0 aliphatic heterocycles. The minimum Gasteiger partial charge on any atom is -0.476 e. The number of likely N-dealkylation sites (N-methyl/N-ethyl adjacent to an activating group) is 1. The van der Waals surface area contributed by atoms with Crippen molar-refractivity contribution in [3.05, 3.63) is 23.4 Å². The second-order valence-corrected chi connectivity index (χ2v) is 6.25. The molecule has 1 heterocycles. The van der Waals surface area contributed by atoms with E-state index in [1.807, 2.05) is 0 Å². The lowest BCUT2D eigenvalue weighted by molar-refractivity contribution is 0.226. The number of aromatic nitrogens is 1. The van der Waals surface area contributed by atoms with Gasteiger partial charge in [0.15, 0.2) is 0 Å². The molecule has 4 heteroatoms. The monoisotopic (exact) mass is 291 g/mol. The van der Waals surface area contributed by atoms with Gasteiger partial charge in [0.05, 0.1) is 0 Å². The molecule has 2 rings (SSSR count). The fourth-order valence-electron chi connectivity index (χ4n) is 2.29. The number of hydrogen-bond donors (Lipinski definition) is 1. The van der Waals surface area contributed by atoms with Crippen LogP contribution in [0, 0.1) is 0 Å². The molecular weight excluding hydrogens is 262 g/mol. The van der Waals surface area contributed by atoms with E-state index in [-0.39, 0.29) is 0 Å². The summed E-state index contributed by atoms with van der Waals surface area (Å²) in [4.78, 5) is 6.95. The summed E-state index contributed by atoms with van der Waals surface area (Å²) in [6.45, 7) is 9.00. The lowest BCUT2D eigenvalue weighted by Crippen LogP contribution is -2.26. The average molecular weight is 291 g/mol. The van der Waals surface area contributed by atoms with Crippen LogP contribution in [0.1, 0.15) is 44.9 Å². The first-order valence-electron chi connectivity index (χ1n) is 8.14. The predicted octanol–water partition coefficient (Wildman–Crippen LogP) is 2.62. The van der Waals surface area contributed by atoms with E-state index in [0.29, 0.717) is 12.6 Å². The van der Waals surface area contributed by atoms with E-state index in [1.165, 1.54) is 18.4 Å². The molecule has 1 aromatic heterocycles. The van der Waals surface area contributed by atoms with Crippen molar-refractivity contribution in [1.29, 1.82) is 0 Å². The summed E-state index contributed by atoms with van der Waals surface area (Å²) in [5.74, 6) is 0.763. The lowest BCUT2D eigenvalue weighted by atomic mass is 10.2. The molecule has 4 nitrogen and oxygen atoms in total. The predicted molar refractivity (Wildman–Crippen MR) is 86.7 cm³/mol. The second kappa shape index (κ2) is 7.76. The van der Waals surface area contributed by atoms with Gasteiger partial charge in [-0.25, -0.2) is 4.98 Å². The summed E-state index contributed by atoms with van der Waals surface area (Å²) in [6.07, 6.45) is 3.62. The van der Waals surface area contributed by atoms with E-state index in [4.69, 9.17) is 4.74 Å². The largest absolute Gasteiger partial charge is 0.476 e. The third-order valence-corrected chi connectivity index (χ3v) is 3.86. The van der Waals surface area contributed by atoms with Crippen molar-refractivity contribution in [3.8, 4) is 5.88 Å². The van der Waals surface area contributed by atoms with Crippen LogP contribution in [0.4, 0.5) is 0 Å². The van der Waals surface area contributed by atoms with E-state index >= 15 is 0 Å². The molecule has 21 heavy (non-hydrogen) atoms. The van der Waals surface area contributed by atoms with Gasteiger partial charge in [-0.2, -0.15) is 0 Å². The van der Waals surface area contributed by atoms with Crippen LogP contribution in [0.2, 0.25) is 0 Å². The van der Waals surface area contributed by atoms with Gasteiger partial charge in [0.1, 0.15) is 6.61 Å². The molecule has 0 saturated heterocycles. The number of nitrogens with zero attached hydrogens (tertiary/aromatic N) is 2. The first-order valence-corrected chi connectivity index (χ1v) is 8.14. The minimum absolute atomic E-state index is 0.486. The number of nitrogens with one attached hydrogen (secondary N) is 1. The molecule has 1 N–H and O–H groups in total. The Hall–Kier alpha value is -1.13. The van der Waals surface area contributed by atoms with Crippen LogP contribution in [-0.4, -0.2) is 42.2 Å². The van der Waals surface area contributed by atoms with Crippen LogP contribution in [0.15, 0.2) is 12.1 Å². The molecule has 0 unspecified atom stereocenters. The van der Waals surface area contributed by atoms with Crippen molar-refractivity contribution in [2.24, 2.45) is 0 Å². The van der Waals surface area contributed by atoms with E-state index < -0.39 is 0 Å². The van der Waals surface area contributed by atoms with Gasteiger partial charge < -0.3 is 15.0 Å². The van der Waals surface area contributed by atoms with Crippen LogP contribution in [-0.2, 0) is 13.0 Å². The molecular formula is C17H29N3O. The summed E-state index contributed by atoms with van der Waals surface area (Å²) in [7, 11) is 2.18. The average Bonchev–Trinajstić information content (AvgIpc) is 3.29. The molecule has 0 radical (unpaired) electrons. The number of ether oxygens (including phenoxy) is 1. The van der Waals surface area contributed by atoms with Gasteiger partial charge >= 0.3 is 0 Å². The van der Waals surface area contributed by atoms with Gasteiger partial charge in [0.25, 0.3) is 0 Å². The standard InChI is InChI=1S/C17H29N3O/c1-5-15-10-14(12-18-13(2)3)11-17(19-15)21-9-8-20(4)16-6-7-16/h10-11,13,16,18H,5-9,12H2,1-4H3. The van der Waals surface area contributed by atoms with Crippen LogP contribution in [0.3, 0.4) is 0 Å². The van der Waals surface area contributed by atoms with Gasteiger partial charge in [-0.1, -0.05) is 20.8 Å². The molecule has 0 amide bonds. The molecule has 1 aliphatic rings. The summed E-state index contributed by atoms with van der Waals surface area (Å²) in [5.41, 5.74) is 2.35. The fourth-order valence-corrected chi connectivity index (χ4v) is 2.29. The van der Waals surface area contributed by atoms with Crippen molar-refractivity contribution < 1.29 is 4.74 Å². The Kier molecular flexibility index (Phi) is 6.00. The maximum atomic E-state index is 5.86. The number of aryl methyl sites for hydroxylation is 1. The lowest BCUT2D eigenvalue weighted by Gasteiger charge is -2.16. The Morgan fingerprint density at radius 1 is 1.38 bits per heavy atom. The van der Waals surface area contributed by atoms with E-state index in [1.54, 1.807) is 0 Å². The maximum Gasteiger partial charge on any atom is 0.213 e. The molecule has 0 bridgehead atoms. The Bertz CT molecular complexity index is 444. The number of rotatable bonds is 9. The van der Waals surface area contributed by atoms with Gasteiger partial charge in [0, 0.05) is 36.9 Å². The first-order chi connectivity index (χ1) is 10.1. The zero-order chi connectivity index (χ0) is 15.2. The third-order valence-electron chi connectivity index (χ3n) is 3.86. The smallest absolute Gasteiger partial charge is 0.213 e. The molecule has 1 aromatic rings. The Morgan fingerprint density at radius 2 is 2.14 bits per heavy atom. The quantitative estimate of drug-likeness (QED) is 0.759. The zero-order valence-corrected chi connectivity index (χ0v) is 13.9. The number of pyridine rings is 1. The zero-order valence-electron chi connectivity index (χ0n) is 13.9. The Labute approximate surface area is 128 Å². The highest BCUT2D eigenvalue weighted by Gasteiger charge is 2.25. The van der Waals surface area contributed by atoms with Crippen molar-refractivity contribution >= 4 is 0 Å². The molecule has 1 aliphatic carbocycles. The summed E-state index contributed by atoms with van der Waals surface area (Å²) in [5, 5.41) is 3.45. The summed E-state index contributed by atoms with van der Waals surface area (Å²) < 4.78 is 5.86. The van der Waals surface area contributed by atoms with Crippen LogP contribution in [0.5, 0.6) is 5.88 Å². The summed E-state index contributed by atoms with van der Waals surface area (Å²) >= 11 is 0. The Morgan fingerprint density at radius 3 is 2.76 bits per heavy atom. The van der Waals surface area contributed by atoms with Gasteiger partial charge in [-0.15, -0.1) is 0 Å². The highest BCUT2D eigenvalue weighted by molar-refractivity contribution is 5.25. The van der Waals surface area contributed by atoms with Crippen molar-refractivity contribution in [3.63, 3.8) is 0 Å². The van der Waals surface area contributed by atoms with Crippen molar-refractivity contribution in [2.75, 3.05) is 20.2 Å². The van der Waals surface area contributed by atoms with Crippen molar-refractivity contribution in [2.45, 2.75) is 58.7 Å². The SMILES string of the molecule is CCc1cc(CNC(C)C)cc(OCCN(C)C2CC2)n1. The highest BCUT2D eigenvalue weighted by Crippen LogP contribution is 2.24. The molecule has 0 spiro atoms. The van der Waals surface area contributed by atoms with Gasteiger partial charge in [-0.05, 0) is 37.9 Å². The topological polar surface area (TPSA) is 37.4 Å². The normalized spacial score (nSPS) is 15.0. The van der Waals surface area contributed by atoms with E-state index in [0.717, 1.165) is 37.1 Å². The molecule has 0 aromatic carbocycles. The minimum atomic E-state index is 0.486. The van der Waals surface area contributed by atoms with Gasteiger partial charge in [0.2, 0.25) is 5.88 Å². The first kappa shape index (κ1) is 16.2. The third kappa shape index (κ3) is 5.64. The van der Waals surface area contributed by atoms with E-state index in [9.17, 15) is 0 Å². The fraction of sp³-hybridized carbons (Fsp3) is 0.706. The van der Waals surface area contributed by atoms with Crippen molar-refractivity contribution in [1.82, 2.24) is 15.2 Å². The maximum absolute atomic E-state index is 5.86. The Balaban J connectivity index is 1.88. The number of hydrogen-bond acceptors (Lipinski definition) is 4. The molecule has 1 saturated carbocycles. The highest BCUT2D eigenvalue weighted by atomic mass is 16.5. The summed E-state index contributed by atoms with van der Waals surface area (Å²) in [6, 6.07) is 5.50. The molecule has 0 atom stereocenters. The van der Waals surface area contributed by atoms with Crippen LogP contribution in [0.25, 0.3) is 0 Å². The van der Waals surface area contributed by atoms with Gasteiger partial charge in [-0.3, -0.25) is 0 Å². The molecule has 1 fully saturated rings. The van der Waals surface area contributed by atoms with Crippen LogP contribution >= 0.6 is 0 Å².